The van der Waals surface area contributed by atoms with Crippen molar-refractivity contribution in [1.29, 1.82) is 0 Å². The van der Waals surface area contributed by atoms with Gasteiger partial charge in [0.05, 0.1) is 10.9 Å². The predicted octanol–water partition coefficient (Wildman–Crippen LogP) is 2.25. The van der Waals surface area contributed by atoms with E-state index >= 15 is 0 Å². The standard InChI is InChI=1S/C13H18N2OS/c1-10-13(16)15(9-5-4-8-14)11-6-2-3-7-12(11)17-10/h2-3,6-7,10H,4-5,8-9,14H2,1H3. The van der Waals surface area contributed by atoms with Gasteiger partial charge >= 0.3 is 0 Å². The summed E-state index contributed by atoms with van der Waals surface area (Å²) in [7, 11) is 0. The lowest BCUT2D eigenvalue weighted by molar-refractivity contribution is -0.118. The van der Waals surface area contributed by atoms with Gasteiger partial charge in [0, 0.05) is 11.4 Å². The maximum absolute atomic E-state index is 12.2. The van der Waals surface area contributed by atoms with Crippen LogP contribution in [0.2, 0.25) is 0 Å². The molecule has 0 spiro atoms. The normalized spacial score (nSPS) is 19.3. The van der Waals surface area contributed by atoms with E-state index in [0.29, 0.717) is 6.54 Å². The summed E-state index contributed by atoms with van der Waals surface area (Å²) >= 11 is 1.65. The van der Waals surface area contributed by atoms with E-state index in [2.05, 4.69) is 6.07 Å². The van der Waals surface area contributed by atoms with E-state index in [1.54, 1.807) is 11.8 Å². The number of para-hydroxylation sites is 1. The number of anilines is 1. The van der Waals surface area contributed by atoms with Crippen molar-refractivity contribution in [3.8, 4) is 0 Å². The zero-order valence-electron chi connectivity index (χ0n) is 10.1. The third kappa shape index (κ3) is 2.64. The molecule has 2 rings (SSSR count). The fraction of sp³-hybridized carbons (Fsp3) is 0.462. The molecule has 1 heterocycles. The lowest BCUT2D eigenvalue weighted by atomic mass is 10.2. The highest BCUT2D eigenvalue weighted by atomic mass is 32.2. The van der Waals surface area contributed by atoms with Crippen LogP contribution < -0.4 is 10.6 Å². The summed E-state index contributed by atoms with van der Waals surface area (Å²) in [5, 5.41) is 0.0165. The Morgan fingerprint density at radius 1 is 1.35 bits per heavy atom. The van der Waals surface area contributed by atoms with Crippen molar-refractivity contribution < 1.29 is 4.79 Å². The van der Waals surface area contributed by atoms with Crippen LogP contribution in [0.15, 0.2) is 29.2 Å². The van der Waals surface area contributed by atoms with Gasteiger partial charge in [0.25, 0.3) is 0 Å². The molecule has 0 bridgehead atoms. The monoisotopic (exact) mass is 250 g/mol. The molecular formula is C13H18N2OS. The second-order valence-corrected chi connectivity index (χ2v) is 5.60. The summed E-state index contributed by atoms with van der Waals surface area (Å²) in [6, 6.07) is 8.11. The van der Waals surface area contributed by atoms with Gasteiger partial charge in [-0.25, -0.2) is 0 Å². The molecule has 0 fully saturated rings. The maximum atomic E-state index is 12.2. The van der Waals surface area contributed by atoms with Crippen LogP contribution in [-0.2, 0) is 4.79 Å². The Hall–Kier alpha value is -1.00. The van der Waals surface area contributed by atoms with Crippen molar-refractivity contribution in [3.63, 3.8) is 0 Å². The first-order valence-electron chi connectivity index (χ1n) is 6.01. The number of unbranched alkanes of at least 4 members (excludes halogenated alkanes) is 1. The van der Waals surface area contributed by atoms with E-state index in [4.69, 9.17) is 5.73 Å². The van der Waals surface area contributed by atoms with E-state index in [-0.39, 0.29) is 11.2 Å². The smallest absolute Gasteiger partial charge is 0.240 e. The lowest BCUT2D eigenvalue weighted by Gasteiger charge is -2.32. The third-order valence-electron chi connectivity index (χ3n) is 2.91. The lowest BCUT2D eigenvalue weighted by Crippen LogP contribution is -2.40. The minimum absolute atomic E-state index is 0.0165. The highest BCUT2D eigenvalue weighted by Crippen LogP contribution is 2.38. The fourth-order valence-corrected chi connectivity index (χ4v) is 3.07. The largest absolute Gasteiger partial charge is 0.330 e. The molecule has 1 aromatic rings. The number of carbonyl (C=O) groups excluding carboxylic acids is 1. The van der Waals surface area contributed by atoms with E-state index in [1.807, 2.05) is 30.0 Å². The molecule has 1 amide bonds. The number of carbonyl (C=O) groups is 1. The van der Waals surface area contributed by atoms with Gasteiger partial charge in [0.2, 0.25) is 5.91 Å². The molecule has 0 aliphatic carbocycles. The van der Waals surface area contributed by atoms with Crippen LogP contribution in [-0.4, -0.2) is 24.2 Å². The molecule has 1 aliphatic heterocycles. The van der Waals surface area contributed by atoms with Gasteiger partial charge in [-0.15, -0.1) is 11.8 Å². The molecule has 4 heteroatoms. The number of fused-ring (bicyclic) bond motifs is 1. The number of nitrogens with zero attached hydrogens (tertiary/aromatic N) is 1. The fourth-order valence-electron chi connectivity index (χ4n) is 2.00. The number of nitrogens with two attached hydrogens (primary N) is 1. The predicted molar refractivity (Wildman–Crippen MR) is 72.4 cm³/mol. The molecule has 17 heavy (non-hydrogen) atoms. The molecule has 1 atom stereocenters. The SMILES string of the molecule is CC1Sc2ccccc2N(CCCCN)C1=O. The van der Waals surface area contributed by atoms with Gasteiger partial charge in [0.15, 0.2) is 0 Å². The summed E-state index contributed by atoms with van der Waals surface area (Å²) in [5.41, 5.74) is 6.55. The molecule has 1 unspecified atom stereocenters. The topological polar surface area (TPSA) is 46.3 Å². The number of thioether (sulfide) groups is 1. The van der Waals surface area contributed by atoms with Crippen LogP contribution in [0.25, 0.3) is 0 Å². The summed E-state index contributed by atoms with van der Waals surface area (Å²) in [4.78, 5) is 15.3. The first kappa shape index (κ1) is 12.5. The number of rotatable bonds is 4. The van der Waals surface area contributed by atoms with E-state index in [9.17, 15) is 4.79 Å². The Balaban J connectivity index is 2.20. The molecule has 0 aromatic heterocycles. The van der Waals surface area contributed by atoms with Gasteiger partial charge in [-0.3, -0.25) is 4.79 Å². The summed E-state index contributed by atoms with van der Waals surface area (Å²) in [6.07, 6.45) is 1.93. The Kier molecular flexibility index (Phi) is 4.07. The first-order valence-corrected chi connectivity index (χ1v) is 6.89. The number of hydrogen-bond donors (Lipinski definition) is 1. The third-order valence-corrected chi connectivity index (χ3v) is 4.06. The van der Waals surface area contributed by atoms with E-state index in [1.165, 1.54) is 4.90 Å². The minimum Gasteiger partial charge on any atom is -0.330 e. The molecule has 1 aliphatic rings. The average Bonchev–Trinajstić information content (AvgIpc) is 2.34. The van der Waals surface area contributed by atoms with Gasteiger partial charge in [-0.05, 0) is 38.4 Å². The van der Waals surface area contributed by atoms with Crippen LogP contribution in [0.3, 0.4) is 0 Å². The molecule has 0 saturated heterocycles. The summed E-state index contributed by atoms with van der Waals surface area (Å²) < 4.78 is 0. The Labute approximate surface area is 106 Å². The van der Waals surface area contributed by atoms with Crippen LogP contribution in [0.4, 0.5) is 5.69 Å². The minimum atomic E-state index is 0.0165. The molecule has 2 N–H and O–H groups in total. The first-order chi connectivity index (χ1) is 8.24. The average molecular weight is 250 g/mol. The van der Waals surface area contributed by atoms with Crippen LogP contribution in [0.5, 0.6) is 0 Å². The Bertz CT molecular complexity index is 408. The van der Waals surface area contributed by atoms with Crippen molar-refractivity contribution in [2.45, 2.75) is 29.9 Å². The van der Waals surface area contributed by atoms with Gasteiger partial charge in [-0.1, -0.05) is 12.1 Å². The van der Waals surface area contributed by atoms with E-state index in [0.717, 1.165) is 25.1 Å². The van der Waals surface area contributed by atoms with Crippen molar-refractivity contribution in [2.75, 3.05) is 18.0 Å². The van der Waals surface area contributed by atoms with Gasteiger partial charge in [-0.2, -0.15) is 0 Å². The molecule has 1 aromatic carbocycles. The maximum Gasteiger partial charge on any atom is 0.240 e. The number of amides is 1. The highest BCUT2D eigenvalue weighted by molar-refractivity contribution is 8.00. The van der Waals surface area contributed by atoms with E-state index < -0.39 is 0 Å². The molecule has 92 valence electrons. The zero-order chi connectivity index (χ0) is 12.3. The van der Waals surface area contributed by atoms with Crippen LogP contribution >= 0.6 is 11.8 Å². The van der Waals surface area contributed by atoms with Gasteiger partial charge in [0.1, 0.15) is 0 Å². The quantitative estimate of drug-likeness (QED) is 0.834. The summed E-state index contributed by atoms with van der Waals surface area (Å²) in [6.45, 7) is 3.44. The Morgan fingerprint density at radius 2 is 2.12 bits per heavy atom. The molecule has 3 nitrogen and oxygen atoms in total. The van der Waals surface area contributed by atoms with Crippen molar-refractivity contribution in [3.05, 3.63) is 24.3 Å². The number of benzene rings is 1. The van der Waals surface area contributed by atoms with Crippen molar-refractivity contribution in [1.82, 2.24) is 0 Å². The molecule has 0 radical (unpaired) electrons. The Morgan fingerprint density at radius 3 is 2.88 bits per heavy atom. The second kappa shape index (κ2) is 5.56. The molecular weight excluding hydrogens is 232 g/mol. The van der Waals surface area contributed by atoms with Crippen LogP contribution in [0, 0.1) is 0 Å². The molecule has 0 saturated carbocycles. The summed E-state index contributed by atoms with van der Waals surface area (Å²) in [5.74, 6) is 0.214. The van der Waals surface area contributed by atoms with Crippen molar-refractivity contribution in [2.24, 2.45) is 5.73 Å². The van der Waals surface area contributed by atoms with Crippen LogP contribution in [0.1, 0.15) is 19.8 Å². The van der Waals surface area contributed by atoms with Gasteiger partial charge < -0.3 is 10.6 Å². The van der Waals surface area contributed by atoms with Crippen molar-refractivity contribution >= 4 is 23.4 Å². The number of hydrogen-bond acceptors (Lipinski definition) is 3. The second-order valence-electron chi connectivity index (χ2n) is 4.21. The zero-order valence-corrected chi connectivity index (χ0v) is 10.9. The highest BCUT2D eigenvalue weighted by Gasteiger charge is 2.29.